The van der Waals surface area contributed by atoms with E-state index in [1.807, 2.05) is 0 Å². The molecule has 22 heavy (non-hydrogen) atoms. The number of anilines is 1. The summed E-state index contributed by atoms with van der Waals surface area (Å²) in [5.74, 6) is -2.71. The third-order valence-electron chi connectivity index (χ3n) is 4.01. The molecule has 2 bridgehead atoms. The SMILES string of the molecule is COc1ccc(NC(=O)[C@H]2[C@@H](C(=O)O)[C@H]3C=C[C@@]2(C)O3)nn1. The van der Waals surface area contributed by atoms with E-state index < -0.39 is 35.4 Å². The molecule has 2 aliphatic rings. The summed E-state index contributed by atoms with van der Waals surface area (Å²) >= 11 is 0. The van der Waals surface area contributed by atoms with Crippen LogP contribution in [-0.2, 0) is 14.3 Å². The minimum absolute atomic E-state index is 0.227. The highest BCUT2D eigenvalue weighted by Crippen LogP contribution is 2.47. The van der Waals surface area contributed by atoms with Crippen molar-refractivity contribution in [3.05, 3.63) is 24.3 Å². The van der Waals surface area contributed by atoms with E-state index in [9.17, 15) is 14.7 Å². The molecule has 3 rings (SSSR count). The summed E-state index contributed by atoms with van der Waals surface area (Å²) in [5, 5.41) is 19.5. The highest BCUT2D eigenvalue weighted by Gasteiger charge is 2.59. The van der Waals surface area contributed by atoms with Gasteiger partial charge >= 0.3 is 5.97 Å². The van der Waals surface area contributed by atoms with Gasteiger partial charge in [0.25, 0.3) is 0 Å². The van der Waals surface area contributed by atoms with Crippen LogP contribution in [0.15, 0.2) is 24.3 Å². The van der Waals surface area contributed by atoms with E-state index in [0.29, 0.717) is 5.88 Å². The van der Waals surface area contributed by atoms with Crippen LogP contribution in [0.1, 0.15) is 6.92 Å². The molecular formula is C14H15N3O5. The minimum Gasteiger partial charge on any atom is -0.481 e. The summed E-state index contributed by atoms with van der Waals surface area (Å²) in [6, 6.07) is 3.09. The lowest BCUT2D eigenvalue weighted by atomic mass is 9.76. The van der Waals surface area contributed by atoms with Crippen molar-refractivity contribution in [2.45, 2.75) is 18.6 Å². The van der Waals surface area contributed by atoms with Gasteiger partial charge in [0.2, 0.25) is 11.8 Å². The second-order valence-electron chi connectivity index (χ2n) is 5.42. The van der Waals surface area contributed by atoms with Crippen LogP contribution in [0.3, 0.4) is 0 Å². The topological polar surface area (TPSA) is 111 Å². The number of hydrogen-bond acceptors (Lipinski definition) is 6. The largest absolute Gasteiger partial charge is 0.481 e. The molecule has 2 aliphatic heterocycles. The van der Waals surface area contributed by atoms with Gasteiger partial charge in [-0.1, -0.05) is 12.2 Å². The number of rotatable bonds is 4. The Morgan fingerprint density at radius 1 is 1.41 bits per heavy atom. The van der Waals surface area contributed by atoms with Gasteiger partial charge in [0.1, 0.15) is 5.92 Å². The van der Waals surface area contributed by atoms with Crippen LogP contribution in [0.2, 0.25) is 0 Å². The first-order valence-electron chi connectivity index (χ1n) is 6.73. The molecule has 1 amide bonds. The Balaban J connectivity index is 1.81. The number of methoxy groups -OCH3 is 1. The quantitative estimate of drug-likeness (QED) is 0.778. The standard InChI is InChI=1S/C14H15N3O5/c1-14-6-5-7(22-14)10(13(19)20)11(14)12(18)15-8-3-4-9(21-2)17-16-8/h3-7,10-11H,1-2H3,(H,19,20)(H,15,16,18)/t7-,10+,11-,14-/m1/s1. The van der Waals surface area contributed by atoms with Gasteiger partial charge in [0, 0.05) is 6.07 Å². The van der Waals surface area contributed by atoms with Crippen molar-refractivity contribution < 1.29 is 24.2 Å². The maximum atomic E-state index is 12.5. The van der Waals surface area contributed by atoms with Crippen LogP contribution in [0.4, 0.5) is 5.82 Å². The van der Waals surface area contributed by atoms with Gasteiger partial charge in [0.15, 0.2) is 5.82 Å². The van der Waals surface area contributed by atoms with Gasteiger partial charge in [0.05, 0.1) is 24.7 Å². The van der Waals surface area contributed by atoms with Crippen molar-refractivity contribution in [1.82, 2.24) is 10.2 Å². The molecule has 1 fully saturated rings. The Morgan fingerprint density at radius 2 is 2.18 bits per heavy atom. The predicted molar refractivity (Wildman–Crippen MR) is 74.2 cm³/mol. The van der Waals surface area contributed by atoms with Crippen molar-refractivity contribution in [3.8, 4) is 5.88 Å². The molecule has 0 unspecified atom stereocenters. The zero-order valence-corrected chi connectivity index (χ0v) is 12.0. The fourth-order valence-electron chi connectivity index (χ4n) is 2.98. The van der Waals surface area contributed by atoms with Crippen LogP contribution in [-0.4, -0.2) is 46.0 Å². The van der Waals surface area contributed by atoms with Gasteiger partial charge < -0.3 is 19.9 Å². The van der Waals surface area contributed by atoms with Gasteiger partial charge in [-0.25, -0.2) is 0 Å². The lowest BCUT2D eigenvalue weighted by Gasteiger charge is -2.27. The molecule has 0 radical (unpaired) electrons. The van der Waals surface area contributed by atoms with Crippen LogP contribution < -0.4 is 10.1 Å². The molecule has 0 aromatic carbocycles. The Hall–Kier alpha value is -2.48. The van der Waals surface area contributed by atoms with E-state index in [1.54, 1.807) is 25.1 Å². The molecule has 2 N–H and O–H groups in total. The predicted octanol–water partition coefficient (Wildman–Crippen LogP) is 0.468. The van der Waals surface area contributed by atoms with E-state index in [2.05, 4.69) is 15.5 Å². The van der Waals surface area contributed by atoms with Gasteiger partial charge in [-0.05, 0) is 13.0 Å². The van der Waals surface area contributed by atoms with Gasteiger partial charge in [-0.15, -0.1) is 10.2 Å². The first kappa shape index (κ1) is 14.5. The maximum Gasteiger partial charge on any atom is 0.310 e. The molecule has 4 atom stereocenters. The number of carbonyl (C=O) groups excluding carboxylic acids is 1. The maximum absolute atomic E-state index is 12.5. The molecule has 8 heteroatoms. The Kier molecular flexibility index (Phi) is 3.32. The molecule has 3 heterocycles. The number of ether oxygens (including phenoxy) is 2. The highest BCUT2D eigenvalue weighted by molar-refractivity contribution is 5.96. The molecule has 0 spiro atoms. The Morgan fingerprint density at radius 3 is 2.77 bits per heavy atom. The number of nitrogens with zero attached hydrogens (tertiary/aromatic N) is 2. The first-order chi connectivity index (χ1) is 10.4. The van der Waals surface area contributed by atoms with E-state index in [0.717, 1.165) is 0 Å². The Bertz CT molecular complexity index is 644. The zero-order valence-electron chi connectivity index (χ0n) is 12.0. The summed E-state index contributed by atoms with van der Waals surface area (Å²) in [5.41, 5.74) is -0.919. The number of aromatic nitrogens is 2. The van der Waals surface area contributed by atoms with Crippen LogP contribution in [0.5, 0.6) is 5.88 Å². The Labute approximate surface area is 126 Å². The van der Waals surface area contributed by atoms with E-state index >= 15 is 0 Å². The normalized spacial score (nSPS) is 32.0. The molecule has 0 aliphatic carbocycles. The van der Waals surface area contributed by atoms with E-state index in [1.165, 1.54) is 13.2 Å². The van der Waals surface area contributed by atoms with Crippen molar-refractivity contribution in [2.75, 3.05) is 12.4 Å². The molecule has 8 nitrogen and oxygen atoms in total. The molecule has 1 aromatic heterocycles. The molecule has 1 aromatic rings. The molecule has 116 valence electrons. The number of carboxylic acids is 1. The number of carboxylic acid groups (broad SMARTS) is 1. The third kappa shape index (κ3) is 2.21. The first-order valence-corrected chi connectivity index (χ1v) is 6.73. The average molecular weight is 305 g/mol. The summed E-state index contributed by atoms with van der Waals surface area (Å²) < 4.78 is 10.5. The number of nitrogens with one attached hydrogen (secondary N) is 1. The second kappa shape index (κ2) is 5.06. The van der Waals surface area contributed by atoms with Gasteiger partial charge in [-0.2, -0.15) is 0 Å². The summed E-state index contributed by atoms with van der Waals surface area (Å²) in [6.45, 7) is 1.70. The zero-order chi connectivity index (χ0) is 15.9. The number of hydrogen-bond donors (Lipinski definition) is 2. The number of amides is 1. The second-order valence-corrected chi connectivity index (χ2v) is 5.42. The summed E-state index contributed by atoms with van der Waals surface area (Å²) in [6.07, 6.45) is 2.84. The number of fused-ring (bicyclic) bond motifs is 2. The van der Waals surface area contributed by atoms with Crippen molar-refractivity contribution in [3.63, 3.8) is 0 Å². The summed E-state index contributed by atoms with van der Waals surface area (Å²) in [4.78, 5) is 23.9. The molecule has 0 saturated carbocycles. The fourth-order valence-corrected chi connectivity index (χ4v) is 2.98. The monoisotopic (exact) mass is 305 g/mol. The summed E-state index contributed by atoms with van der Waals surface area (Å²) in [7, 11) is 1.46. The average Bonchev–Trinajstić information content (AvgIpc) is 3.01. The number of aliphatic carboxylic acids is 1. The highest BCUT2D eigenvalue weighted by atomic mass is 16.5. The third-order valence-corrected chi connectivity index (χ3v) is 4.01. The lowest BCUT2D eigenvalue weighted by molar-refractivity contribution is -0.146. The van der Waals surface area contributed by atoms with Gasteiger partial charge in [-0.3, -0.25) is 9.59 Å². The van der Waals surface area contributed by atoms with Crippen molar-refractivity contribution in [2.24, 2.45) is 11.8 Å². The lowest BCUT2D eigenvalue weighted by Crippen LogP contribution is -2.44. The number of carbonyl (C=O) groups is 2. The van der Waals surface area contributed by atoms with Crippen LogP contribution >= 0.6 is 0 Å². The molecular weight excluding hydrogens is 290 g/mol. The van der Waals surface area contributed by atoms with Crippen LogP contribution in [0.25, 0.3) is 0 Å². The smallest absolute Gasteiger partial charge is 0.310 e. The molecule has 1 saturated heterocycles. The van der Waals surface area contributed by atoms with Crippen LogP contribution in [0, 0.1) is 11.8 Å². The fraction of sp³-hybridized carbons (Fsp3) is 0.429. The van der Waals surface area contributed by atoms with E-state index in [4.69, 9.17) is 9.47 Å². The van der Waals surface area contributed by atoms with Crippen molar-refractivity contribution in [1.29, 1.82) is 0 Å². The van der Waals surface area contributed by atoms with Crippen molar-refractivity contribution >= 4 is 17.7 Å². The van der Waals surface area contributed by atoms with E-state index in [-0.39, 0.29) is 5.82 Å². The minimum atomic E-state index is -1.06.